The third kappa shape index (κ3) is 4.57. The van der Waals surface area contributed by atoms with Crippen LogP contribution in [0.25, 0.3) is 0 Å². The molecule has 2 amide bonds. The highest BCUT2D eigenvalue weighted by Crippen LogP contribution is 2.23. The predicted molar refractivity (Wildman–Crippen MR) is 89.7 cm³/mol. The number of amides is 2. The van der Waals surface area contributed by atoms with Crippen molar-refractivity contribution in [1.29, 1.82) is 0 Å². The van der Waals surface area contributed by atoms with E-state index in [0.29, 0.717) is 18.7 Å². The van der Waals surface area contributed by atoms with Crippen LogP contribution in [-0.4, -0.2) is 48.9 Å². The van der Waals surface area contributed by atoms with Gasteiger partial charge in [-0.15, -0.1) is 0 Å². The van der Waals surface area contributed by atoms with Gasteiger partial charge in [0.25, 0.3) is 5.91 Å². The molecule has 0 fully saturated rings. The van der Waals surface area contributed by atoms with E-state index >= 15 is 0 Å². The number of rotatable bonds is 7. The van der Waals surface area contributed by atoms with Gasteiger partial charge in [0.05, 0.1) is 12.1 Å². The zero-order valence-electron chi connectivity index (χ0n) is 14.3. The second-order valence-corrected chi connectivity index (χ2v) is 5.77. The zero-order chi connectivity index (χ0) is 17.5. The van der Waals surface area contributed by atoms with Crippen molar-refractivity contribution in [2.45, 2.75) is 33.1 Å². The van der Waals surface area contributed by atoms with E-state index in [0.717, 1.165) is 19.3 Å². The van der Waals surface area contributed by atoms with Crippen LogP contribution < -0.4 is 5.32 Å². The Morgan fingerprint density at radius 2 is 1.92 bits per heavy atom. The lowest BCUT2D eigenvalue weighted by Crippen LogP contribution is -2.42. The molecule has 0 saturated carbocycles. The highest BCUT2D eigenvalue weighted by molar-refractivity contribution is 5.92. The SMILES string of the molecule is CCNC(=O)CN(CC)C(=O)COC(=O)c1ccc2c(c1)CCC2. The number of carbonyl (C=O) groups excluding carboxylic acids is 3. The van der Waals surface area contributed by atoms with E-state index < -0.39 is 5.97 Å². The fourth-order valence-electron chi connectivity index (χ4n) is 2.80. The van der Waals surface area contributed by atoms with Gasteiger partial charge in [-0.1, -0.05) is 6.07 Å². The standard InChI is InChI=1S/C18H24N2O4/c1-3-19-16(21)11-20(4-2)17(22)12-24-18(23)15-9-8-13-6-5-7-14(13)10-15/h8-10H,3-7,11-12H2,1-2H3,(H,19,21). The van der Waals surface area contributed by atoms with Crippen LogP contribution in [-0.2, 0) is 27.2 Å². The molecule has 1 N–H and O–H groups in total. The molecule has 0 unspecified atom stereocenters. The summed E-state index contributed by atoms with van der Waals surface area (Å²) in [6, 6.07) is 5.54. The molecule has 24 heavy (non-hydrogen) atoms. The van der Waals surface area contributed by atoms with Crippen molar-refractivity contribution in [1.82, 2.24) is 10.2 Å². The van der Waals surface area contributed by atoms with Gasteiger partial charge in [0.1, 0.15) is 0 Å². The normalized spacial score (nSPS) is 12.4. The van der Waals surface area contributed by atoms with Gasteiger partial charge in [0.15, 0.2) is 6.61 Å². The summed E-state index contributed by atoms with van der Waals surface area (Å²) in [6.45, 7) is 4.10. The number of nitrogens with one attached hydrogen (secondary N) is 1. The molecule has 1 aromatic carbocycles. The highest BCUT2D eigenvalue weighted by atomic mass is 16.5. The zero-order valence-corrected chi connectivity index (χ0v) is 14.3. The molecule has 0 atom stereocenters. The van der Waals surface area contributed by atoms with E-state index in [9.17, 15) is 14.4 Å². The Kier molecular flexibility index (Phi) is 6.35. The van der Waals surface area contributed by atoms with Crippen molar-refractivity contribution in [2.24, 2.45) is 0 Å². The van der Waals surface area contributed by atoms with E-state index in [1.807, 2.05) is 19.1 Å². The minimum atomic E-state index is -0.507. The first kappa shape index (κ1) is 18.0. The topological polar surface area (TPSA) is 75.7 Å². The van der Waals surface area contributed by atoms with Gasteiger partial charge >= 0.3 is 5.97 Å². The Bertz CT molecular complexity index is 627. The van der Waals surface area contributed by atoms with Gasteiger partial charge in [0, 0.05) is 13.1 Å². The molecular weight excluding hydrogens is 308 g/mol. The van der Waals surface area contributed by atoms with Gasteiger partial charge in [-0.2, -0.15) is 0 Å². The lowest BCUT2D eigenvalue weighted by molar-refractivity contribution is -0.138. The second kappa shape index (κ2) is 8.47. The maximum atomic E-state index is 12.1. The minimum absolute atomic E-state index is 0.0282. The van der Waals surface area contributed by atoms with Gasteiger partial charge < -0.3 is 15.0 Å². The third-order valence-electron chi connectivity index (χ3n) is 4.10. The summed E-state index contributed by atoms with van der Waals surface area (Å²) in [5.41, 5.74) is 2.93. The van der Waals surface area contributed by atoms with Crippen molar-refractivity contribution in [3.05, 3.63) is 34.9 Å². The maximum absolute atomic E-state index is 12.1. The average molecular weight is 332 g/mol. The number of carbonyl (C=O) groups is 3. The molecule has 1 aromatic rings. The van der Waals surface area contributed by atoms with Gasteiger partial charge in [-0.3, -0.25) is 9.59 Å². The Balaban J connectivity index is 1.88. The largest absolute Gasteiger partial charge is 0.452 e. The van der Waals surface area contributed by atoms with E-state index in [1.165, 1.54) is 16.0 Å². The number of likely N-dealkylation sites (N-methyl/N-ethyl adjacent to an activating group) is 2. The third-order valence-corrected chi connectivity index (χ3v) is 4.10. The molecule has 1 aliphatic rings. The summed E-state index contributed by atoms with van der Waals surface area (Å²) in [5.74, 6) is -1.11. The molecule has 6 heteroatoms. The van der Waals surface area contributed by atoms with Crippen LogP contribution in [0, 0.1) is 0 Å². The number of esters is 1. The summed E-state index contributed by atoms with van der Waals surface area (Å²) in [5, 5.41) is 2.64. The highest BCUT2D eigenvalue weighted by Gasteiger charge is 2.19. The summed E-state index contributed by atoms with van der Waals surface area (Å²) in [6.07, 6.45) is 3.14. The van der Waals surface area contributed by atoms with Crippen LogP contribution in [0.1, 0.15) is 41.8 Å². The molecule has 0 heterocycles. The monoisotopic (exact) mass is 332 g/mol. The number of nitrogens with zero attached hydrogens (tertiary/aromatic N) is 1. The molecule has 6 nitrogen and oxygen atoms in total. The quantitative estimate of drug-likeness (QED) is 0.764. The van der Waals surface area contributed by atoms with Gasteiger partial charge in [0.2, 0.25) is 5.91 Å². The number of hydrogen-bond donors (Lipinski definition) is 1. The lowest BCUT2D eigenvalue weighted by Gasteiger charge is -2.20. The smallest absolute Gasteiger partial charge is 0.338 e. The van der Waals surface area contributed by atoms with Crippen molar-refractivity contribution in [2.75, 3.05) is 26.2 Å². The summed E-state index contributed by atoms with van der Waals surface area (Å²) >= 11 is 0. The Morgan fingerprint density at radius 1 is 1.17 bits per heavy atom. The second-order valence-electron chi connectivity index (χ2n) is 5.77. The van der Waals surface area contributed by atoms with Gasteiger partial charge in [-0.05, 0) is 56.4 Å². The maximum Gasteiger partial charge on any atom is 0.338 e. The predicted octanol–water partition coefficient (Wildman–Crippen LogP) is 1.32. The Labute approximate surface area is 142 Å². The van der Waals surface area contributed by atoms with E-state index in [4.69, 9.17) is 4.74 Å². The van der Waals surface area contributed by atoms with Crippen LogP contribution >= 0.6 is 0 Å². The summed E-state index contributed by atoms with van der Waals surface area (Å²) in [4.78, 5) is 37.2. The van der Waals surface area contributed by atoms with E-state index in [2.05, 4.69) is 5.32 Å². The number of benzene rings is 1. The number of aryl methyl sites for hydroxylation is 2. The summed E-state index contributed by atoms with van der Waals surface area (Å²) < 4.78 is 5.11. The minimum Gasteiger partial charge on any atom is -0.452 e. The fourth-order valence-corrected chi connectivity index (χ4v) is 2.80. The first-order chi connectivity index (χ1) is 11.5. The molecular formula is C18H24N2O4. The Morgan fingerprint density at radius 3 is 2.62 bits per heavy atom. The molecule has 0 saturated heterocycles. The molecule has 0 radical (unpaired) electrons. The molecule has 0 spiro atoms. The van der Waals surface area contributed by atoms with Crippen LogP contribution in [0.4, 0.5) is 0 Å². The van der Waals surface area contributed by atoms with Crippen LogP contribution in [0.2, 0.25) is 0 Å². The van der Waals surface area contributed by atoms with Crippen molar-refractivity contribution in [3.8, 4) is 0 Å². The first-order valence-corrected chi connectivity index (χ1v) is 8.38. The van der Waals surface area contributed by atoms with Crippen molar-refractivity contribution in [3.63, 3.8) is 0 Å². The number of fused-ring (bicyclic) bond motifs is 1. The molecule has 0 bridgehead atoms. The van der Waals surface area contributed by atoms with E-state index in [-0.39, 0.29) is 25.0 Å². The van der Waals surface area contributed by atoms with Crippen LogP contribution in [0.5, 0.6) is 0 Å². The number of ether oxygens (including phenoxy) is 1. The average Bonchev–Trinajstić information content (AvgIpc) is 3.05. The first-order valence-electron chi connectivity index (χ1n) is 8.38. The van der Waals surface area contributed by atoms with Gasteiger partial charge in [-0.25, -0.2) is 4.79 Å². The fraction of sp³-hybridized carbons (Fsp3) is 0.500. The molecule has 1 aliphatic carbocycles. The molecule has 0 aliphatic heterocycles. The van der Waals surface area contributed by atoms with Crippen LogP contribution in [0.15, 0.2) is 18.2 Å². The number of hydrogen-bond acceptors (Lipinski definition) is 4. The molecule has 130 valence electrons. The van der Waals surface area contributed by atoms with Crippen molar-refractivity contribution >= 4 is 17.8 Å². The van der Waals surface area contributed by atoms with Crippen molar-refractivity contribution < 1.29 is 19.1 Å². The van der Waals surface area contributed by atoms with E-state index in [1.54, 1.807) is 13.0 Å². The van der Waals surface area contributed by atoms with Crippen LogP contribution in [0.3, 0.4) is 0 Å². The Hall–Kier alpha value is -2.37. The summed E-state index contributed by atoms with van der Waals surface area (Å²) in [7, 11) is 0. The molecule has 0 aromatic heterocycles. The molecule has 2 rings (SSSR count). The lowest BCUT2D eigenvalue weighted by atomic mass is 10.1.